The predicted molar refractivity (Wildman–Crippen MR) is 149 cm³/mol. The van der Waals surface area contributed by atoms with E-state index < -0.39 is 6.04 Å². The number of hydrogen-bond acceptors (Lipinski definition) is 9. The summed E-state index contributed by atoms with van der Waals surface area (Å²) in [7, 11) is 4.81. The fourth-order valence-electron chi connectivity index (χ4n) is 5.30. The molecular weight excluding hydrogens is 498 g/mol. The number of anilines is 1. The second kappa shape index (κ2) is 11.4. The molecule has 1 saturated heterocycles. The van der Waals surface area contributed by atoms with Crippen LogP contribution < -0.4 is 19.9 Å². The Bertz CT molecular complexity index is 1510. The molecule has 0 aliphatic carbocycles. The first-order chi connectivity index (χ1) is 18.9. The third-order valence-electron chi connectivity index (χ3n) is 7.58. The molecule has 1 fully saturated rings. The Morgan fingerprint density at radius 3 is 2.46 bits per heavy atom. The first-order valence-electron chi connectivity index (χ1n) is 13.0. The van der Waals surface area contributed by atoms with Gasteiger partial charge in [0, 0.05) is 56.0 Å². The van der Waals surface area contributed by atoms with E-state index in [4.69, 9.17) is 14.2 Å². The molecule has 2 aromatic carbocycles. The average molecular weight is 534 g/mol. The van der Waals surface area contributed by atoms with Gasteiger partial charge in [0.2, 0.25) is 0 Å². The maximum absolute atomic E-state index is 13.6. The van der Waals surface area contributed by atoms with Crippen LogP contribution in [0.4, 0.5) is 5.69 Å². The lowest BCUT2D eigenvalue weighted by Crippen LogP contribution is -2.49. The predicted octanol–water partition coefficient (Wildman–Crippen LogP) is 2.71. The van der Waals surface area contributed by atoms with Crippen LogP contribution in [0.1, 0.15) is 28.6 Å². The molecule has 11 heteroatoms. The summed E-state index contributed by atoms with van der Waals surface area (Å²) in [6, 6.07) is 11.5. The fraction of sp³-hybridized carbons (Fsp3) is 0.429. The topological polar surface area (TPSA) is 111 Å². The molecule has 1 atom stereocenters. The number of benzene rings is 2. The third-order valence-corrected chi connectivity index (χ3v) is 7.58. The van der Waals surface area contributed by atoms with Gasteiger partial charge >= 0.3 is 0 Å². The van der Waals surface area contributed by atoms with Gasteiger partial charge in [-0.15, -0.1) is 5.10 Å². The van der Waals surface area contributed by atoms with Gasteiger partial charge in [0.05, 0.1) is 32.9 Å². The fourth-order valence-corrected chi connectivity index (χ4v) is 5.30. The van der Waals surface area contributed by atoms with Crippen molar-refractivity contribution in [3.8, 4) is 11.5 Å². The van der Waals surface area contributed by atoms with E-state index in [1.54, 1.807) is 32.1 Å². The molecule has 206 valence electrons. The van der Waals surface area contributed by atoms with Crippen molar-refractivity contribution in [2.75, 3.05) is 59.0 Å². The molecule has 1 aliphatic rings. The van der Waals surface area contributed by atoms with E-state index in [1.807, 2.05) is 12.1 Å². The minimum Gasteiger partial charge on any atom is -0.493 e. The van der Waals surface area contributed by atoms with Gasteiger partial charge in [0.15, 0.2) is 17.3 Å². The van der Waals surface area contributed by atoms with Crippen molar-refractivity contribution >= 4 is 16.6 Å². The van der Waals surface area contributed by atoms with Crippen LogP contribution in [0, 0.1) is 13.8 Å². The summed E-state index contributed by atoms with van der Waals surface area (Å²) in [5, 5.41) is 13.4. The summed E-state index contributed by atoms with van der Waals surface area (Å²) in [6.07, 6.45) is 0. The Morgan fingerprint density at radius 1 is 1.00 bits per heavy atom. The quantitative estimate of drug-likeness (QED) is 0.347. The number of piperazine rings is 1. The molecule has 0 spiro atoms. The van der Waals surface area contributed by atoms with Gasteiger partial charge in [-0.1, -0.05) is 12.1 Å². The van der Waals surface area contributed by atoms with Crippen molar-refractivity contribution in [2.24, 2.45) is 0 Å². The Kier molecular flexibility index (Phi) is 7.80. The molecular formula is C28H35N7O4. The van der Waals surface area contributed by atoms with Crippen LogP contribution in [0.25, 0.3) is 10.9 Å². The number of aromatic amines is 1. The molecule has 0 radical (unpaired) electrons. The van der Waals surface area contributed by atoms with Crippen LogP contribution in [0.3, 0.4) is 0 Å². The molecule has 11 nitrogen and oxygen atoms in total. The Labute approximate surface area is 227 Å². The summed E-state index contributed by atoms with van der Waals surface area (Å²) < 4.78 is 18.0. The zero-order chi connectivity index (χ0) is 27.5. The first-order valence-corrected chi connectivity index (χ1v) is 13.0. The van der Waals surface area contributed by atoms with Gasteiger partial charge in [0.1, 0.15) is 6.04 Å². The van der Waals surface area contributed by atoms with Crippen molar-refractivity contribution in [3.05, 3.63) is 69.3 Å². The van der Waals surface area contributed by atoms with Crippen LogP contribution in [-0.4, -0.2) is 84.2 Å². The smallest absolute Gasteiger partial charge is 0.253 e. The van der Waals surface area contributed by atoms with E-state index in [1.165, 1.54) is 16.8 Å². The number of pyridine rings is 1. The SMILES string of the molecule is COCCn1nnnc1[C@@H](c1cc2cc(OC)c(OC)cc2[nH]c1=O)N1CCN(c2cccc(C)c2C)CC1. The number of H-pyrrole nitrogens is 1. The average Bonchev–Trinajstić information content (AvgIpc) is 3.41. The summed E-state index contributed by atoms with van der Waals surface area (Å²) in [6.45, 7) is 8.35. The lowest BCUT2D eigenvalue weighted by atomic mass is 10.0. The highest BCUT2D eigenvalue weighted by Gasteiger charge is 2.33. The van der Waals surface area contributed by atoms with Gasteiger partial charge < -0.3 is 24.1 Å². The number of ether oxygens (including phenoxy) is 3. The number of aryl methyl sites for hydroxylation is 1. The molecule has 5 rings (SSSR count). The monoisotopic (exact) mass is 533 g/mol. The van der Waals surface area contributed by atoms with Crippen LogP contribution >= 0.6 is 0 Å². The number of methoxy groups -OCH3 is 3. The summed E-state index contributed by atoms with van der Waals surface area (Å²) >= 11 is 0. The van der Waals surface area contributed by atoms with Crippen molar-refractivity contribution in [1.29, 1.82) is 0 Å². The number of fused-ring (bicyclic) bond motifs is 1. The highest BCUT2D eigenvalue weighted by atomic mass is 16.5. The maximum Gasteiger partial charge on any atom is 0.253 e. The van der Waals surface area contributed by atoms with E-state index in [0.717, 1.165) is 31.6 Å². The van der Waals surface area contributed by atoms with E-state index >= 15 is 0 Å². The van der Waals surface area contributed by atoms with Crippen LogP contribution in [-0.2, 0) is 11.3 Å². The number of nitrogens with one attached hydrogen (secondary N) is 1. The molecule has 0 unspecified atom stereocenters. The van der Waals surface area contributed by atoms with Crippen molar-refractivity contribution in [2.45, 2.75) is 26.4 Å². The van der Waals surface area contributed by atoms with Crippen molar-refractivity contribution in [1.82, 2.24) is 30.1 Å². The molecule has 3 heterocycles. The Morgan fingerprint density at radius 2 is 1.74 bits per heavy atom. The highest BCUT2D eigenvalue weighted by molar-refractivity contribution is 5.83. The molecule has 2 aromatic heterocycles. The zero-order valence-corrected chi connectivity index (χ0v) is 23.1. The molecule has 1 aliphatic heterocycles. The summed E-state index contributed by atoms with van der Waals surface area (Å²) in [5.41, 5.74) is 4.86. The standard InChI is InChI=1S/C28H35N7O4/c1-18-7-6-8-23(19(18)2)33-9-11-34(12-10-33)26(27-30-31-32-35(27)13-14-37-3)21-15-20-16-24(38-4)25(39-5)17-22(20)29-28(21)36/h6-8,15-17,26H,9-14H2,1-5H3,(H,29,36)/t26-/m1/s1. The van der Waals surface area contributed by atoms with Gasteiger partial charge in [-0.2, -0.15) is 0 Å². The minimum atomic E-state index is -0.446. The number of nitrogens with zero attached hydrogens (tertiary/aromatic N) is 6. The largest absolute Gasteiger partial charge is 0.493 e. The van der Waals surface area contributed by atoms with Gasteiger partial charge in [-0.05, 0) is 53.6 Å². The molecule has 0 saturated carbocycles. The normalized spacial score (nSPS) is 15.1. The Balaban J connectivity index is 1.55. The summed E-state index contributed by atoms with van der Waals surface area (Å²) in [4.78, 5) is 21.3. The number of tetrazole rings is 1. The molecule has 39 heavy (non-hydrogen) atoms. The van der Waals surface area contributed by atoms with Gasteiger partial charge in [-0.3, -0.25) is 9.69 Å². The zero-order valence-electron chi connectivity index (χ0n) is 23.1. The molecule has 4 aromatic rings. The van der Waals surface area contributed by atoms with Crippen LogP contribution in [0.2, 0.25) is 0 Å². The summed E-state index contributed by atoms with van der Waals surface area (Å²) in [5.74, 6) is 1.75. The lowest BCUT2D eigenvalue weighted by molar-refractivity contribution is 0.171. The highest BCUT2D eigenvalue weighted by Crippen LogP contribution is 2.34. The van der Waals surface area contributed by atoms with E-state index in [-0.39, 0.29) is 5.56 Å². The Hall–Kier alpha value is -3.96. The molecule has 0 bridgehead atoms. The third kappa shape index (κ3) is 5.19. The minimum absolute atomic E-state index is 0.196. The van der Waals surface area contributed by atoms with Crippen LogP contribution in [0.15, 0.2) is 41.2 Å². The number of hydrogen-bond donors (Lipinski definition) is 1. The van der Waals surface area contributed by atoms with Gasteiger partial charge in [0.25, 0.3) is 5.56 Å². The second-order valence-corrected chi connectivity index (χ2v) is 9.75. The van der Waals surface area contributed by atoms with E-state index in [0.29, 0.717) is 41.6 Å². The molecule has 1 N–H and O–H groups in total. The van der Waals surface area contributed by atoms with Crippen LogP contribution in [0.5, 0.6) is 11.5 Å². The maximum atomic E-state index is 13.6. The van der Waals surface area contributed by atoms with E-state index in [9.17, 15) is 4.79 Å². The van der Waals surface area contributed by atoms with Crippen molar-refractivity contribution in [3.63, 3.8) is 0 Å². The molecule has 0 amide bonds. The van der Waals surface area contributed by atoms with E-state index in [2.05, 4.69) is 62.4 Å². The number of aromatic nitrogens is 5. The second-order valence-electron chi connectivity index (χ2n) is 9.75. The lowest BCUT2D eigenvalue weighted by Gasteiger charge is -2.40. The van der Waals surface area contributed by atoms with Crippen molar-refractivity contribution < 1.29 is 14.2 Å². The number of rotatable bonds is 9. The van der Waals surface area contributed by atoms with Gasteiger partial charge in [-0.25, -0.2) is 4.68 Å². The first kappa shape index (κ1) is 26.6.